The first-order chi connectivity index (χ1) is 11.3. The summed E-state index contributed by atoms with van der Waals surface area (Å²) >= 11 is 0. The molecule has 0 radical (unpaired) electrons. The normalized spacial score (nSPS) is 31.5. The van der Waals surface area contributed by atoms with Crippen molar-refractivity contribution >= 4 is 0 Å². The van der Waals surface area contributed by atoms with E-state index in [4.69, 9.17) is 4.74 Å². The molecule has 1 aliphatic rings. The van der Waals surface area contributed by atoms with Gasteiger partial charge in [-0.1, -0.05) is 49.8 Å². The van der Waals surface area contributed by atoms with E-state index >= 15 is 0 Å². The zero-order valence-corrected chi connectivity index (χ0v) is 16.3. The molecule has 0 aromatic rings. The summed E-state index contributed by atoms with van der Waals surface area (Å²) in [4.78, 5) is 0. The molecule has 0 heterocycles. The van der Waals surface area contributed by atoms with Gasteiger partial charge in [-0.2, -0.15) is 0 Å². The number of hydrogen-bond acceptors (Lipinski definition) is 2. The smallest absolute Gasteiger partial charge is 0.0827 e. The molecule has 0 saturated carbocycles. The summed E-state index contributed by atoms with van der Waals surface area (Å²) in [6, 6.07) is 0. The Morgan fingerprint density at radius 3 is 2.54 bits per heavy atom. The summed E-state index contributed by atoms with van der Waals surface area (Å²) in [5.74, 6) is 0.455. The van der Waals surface area contributed by atoms with E-state index in [9.17, 15) is 5.11 Å². The van der Waals surface area contributed by atoms with Crippen molar-refractivity contribution in [1.29, 1.82) is 0 Å². The second kappa shape index (κ2) is 10.7. The van der Waals surface area contributed by atoms with E-state index in [-0.39, 0.29) is 6.10 Å². The molecule has 24 heavy (non-hydrogen) atoms. The van der Waals surface area contributed by atoms with Crippen LogP contribution in [-0.4, -0.2) is 23.9 Å². The van der Waals surface area contributed by atoms with E-state index in [1.807, 2.05) is 0 Å². The van der Waals surface area contributed by atoms with Crippen LogP contribution in [0.5, 0.6) is 0 Å². The lowest BCUT2D eigenvalue weighted by atomic mass is 9.91. The Hall–Kier alpha value is -1.12. The SMILES string of the molecule is C=C1CC/C=C(\C)CC(OCC)/C(C(C)C)=C\C=C(/C)CC[C@@H]1O. The molecule has 1 N–H and O–H groups in total. The summed E-state index contributed by atoms with van der Waals surface area (Å²) < 4.78 is 6.06. The van der Waals surface area contributed by atoms with Gasteiger partial charge in [-0.15, -0.1) is 0 Å². The number of aliphatic hydroxyl groups excluding tert-OH is 1. The van der Waals surface area contributed by atoms with Gasteiger partial charge in [0.2, 0.25) is 0 Å². The molecule has 136 valence electrons. The van der Waals surface area contributed by atoms with Crippen molar-refractivity contribution in [1.82, 2.24) is 0 Å². The summed E-state index contributed by atoms with van der Waals surface area (Å²) in [6.07, 6.45) is 10.8. The number of ether oxygens (including phenoxy) is 1. The topological polar surface area (TPSA) is 29.5 Å². The Kier molecular flexibility index (Phi) is 9.31. The Morgan fingerprint density at radius 1 is 1.21 bits per heavy atom. The van der Waals surface area contributed by atoms with Crippen LogP contribution in [0.4, 0.5) is 0 Å². The lowest BCUT2D eigenvalue weighted by Crippen LogP contribution is -2.20. The fourth-order valence-electron chi connectivity index (χ4n) is 3.08. The van der Waals surface area contributed by atoms with E-state index in [0.717, 1.165) is 44.3 Å². The molecular formula is C22H36O2. The summed E-state index contributed by atoms with van der Waals surface area (Å²) in [6.45, 7) is 15.6. The van der Waals surface area contributed by atoms with Gasteiger partial charge in [0.1, 0.15) is 0 Å². The molecule has 2 nitrogen and oxygen atoms in total. The number of aliphatic hydroxyl groups is 1. The second-order valence-electron chi connectivity index (χ2n) is 7.28. The van der Waals surface area contributed by atoms with Crippen molar-refractivity contribution in [2.45, 2.75) is 78.9 Å². The maximum atomic E-state index is 10.2. The lowest BCUT2D eigenvalue weighted by Gasteiger charge is -2.24. The van der Waals surface area contributed by atoms with Crippen molar-refractivity contribution in [2.75, 3.05) is 6.61 Å². The highest BCUT2D eigenvalue weighted by molar-refractivity contribution is 5.23. The Balaban J connectivity index is 3.12. The maximum Gasteiger partial charge on any atom is 0.0827 e. The first-order valence-electron chi connectivity index (χ1n) is 9.35. The molecule has 0 aliphatic heterocycles. The maximum absolute atomic E-state index is 10.2. The standard InChI is InChI=1S/C22H36O2/c1-7-24-22-15-18(5)9-8-10-19(6)21(23)14-12-17(4)11-13-20(22)16(2)3/h9,11,13,16,21-23H,6-8,10,12,14-15H2,1-5H3/b17-11+,18-9+,20-13-/t21-,22?/m0/s1. The van der Waals surface area contributed by atoms with E-state index in [1.165, 1.54) is 16.7 Å². The van der Waals surface area contributed by atoms with Crippen LogP contribution in [0.3, 0.4) is 0 Å². The Morgan fingerprint density at radius 2 is 1.92 bits per heavy atom. The molecule has 2 heteroatoms. The average molecular weight is 333 g/mol. The predicted molar refractivity (Wildman–Crippen MR) is 104 cm³/mol. The third kappa shape index (κ3) is 7.19. The first kappa shape index (κ1) is 20.9. The number of allylic oxidation sites excluding steroid dienone is 4. The van der Waals surface area contributed by atoms with Gasteiger partial charge in [0.05, 0.1) is 12.2 Å². The summed E-state index contributed by atoms with van der Waals surface area (Å²) in [5, 5.41) is 10.2. The monoisotopic (exact) mass is 332 g/mol. The molecule has 0 aromatic carbocycles. The number of hydrogen-bond donors (Lipinski definition) is 1. The molecule has 1 aliphatic carbocycles. The highest BCUT2D eigenvalue weighted by Crippen LogP contribution is 2.25. The summed E-state index contributed by atoms with van der Waals surface area (Å²) in [7, 11) is 0. The van der Waals surface area contributed by atoms with Gasteiger partial charge in [0, 0.05) is 6.61 Å². The largest absolute Gasteiger partial charge is 0.389 e. The molecule has 1 rings (SSSR count). The third-order valence-electron chi connectivity index (χ3n) is 4.72. The molecule has 0 amide bonds. The van der Waals surface area contributed by atoms with Gasteiger partial charge in [-0.05, 0) is 69.9 Å². The molecule has 0 spiro atoms. The van der Waals surface area contributed by atoms with Crippen molar-refractivity contribution in [2.24, 2.45) is 5.92 Å². The minimum absolute atomic E-state index is 0.145. The fourth-order valence-corrected chi connectivity index (χ4v) is 3.08. The lowest BCUT2D eigenvalue weighted by molar-refractivity contribution is 0.0825. The quantitative estimate of drug-likeness (QED) is 0.667. The Labute approximate surface area is 149 Å². The molecule has 0 saturated heterocycles. The highest BCUT2D eigenvalue weighted by Gasteiger charge is 2.18. The van der Waals surface area contributed by atoms with Gasteiger partial charge in [0.25, 0.3) is 0 Å². The van der Waals surface area contributed by atoms with Gasteiger partial charge >= 0.3 is 0 Å². The van der Waals surface area contributed by atoms with Crippen LogP contribution in [0.25, 0.3) is 0 Å². The van der Waals surface area contributed by atoms with Gasteiger partial charge in [0.15, 0.2) is 0 Å². The average Bonchev–Trinajstić information content (AvgIpc) is 2.51. The minimum Gasteiger partial charge on any atom is -0.389 e. The predicted octanol–water partition coefficient (Wildman–Crippen LogP) is 5.75. The van der Waals surface area contributed by atoms with Crippen molar-refractivity contribution < 1.29 is 9.84 Å². The number of rotatable bonds is 3. The molecule has 0 aromatic heterocycles. The van der Waals surface area contributed by atoms with Crippen LogP contribution in [0, 0.1) is 5.92 Å². The van der Waals surface area contributed by atoms with Gasteiger partial charge < -0.3 is 9.84 Å². The van der Waals surface area contributed by atoms with E-state index in [1.54, 1.807) is 0 Å². The van der Waals surface area contributed by atoms with Crippen molar-refractivity contribution in [3.8, 4) is 0 Å². The van der Waals surface area contributed by atoms with Crippen LogP contribution < -0.4 is 0 Å². The zero-order chi connectivity index (χ0) is 18.1. The third-order valence-corrected chi connectivity index (χ3v) is 4.72. The second-order valence-corrected chi connectivity index (χ2v) is 7.28. The highest BCUT2D eigenvalue weighted by atomic mass is 16.5. The van der Waals surface area contributed by atoms with E-state index < -0.39 is 6.10 Å². The van der Waals surface area contributed by atoms with Crippen LogP contribution in [0.2, 0.25) is 0 Å². The first-order valence-corrected chi connectivity index (χ1v) is 9.35. The van der Waals surface area contributed by atoms with Crippen LogP contribution in [0.1, 0.15) is 66.7 Å². The fraction of sp³-hybridized carbons (Fsp3) is 0.636. The summed E-state index contributed by atoms with van der Waals surface area (Å²) in [5.41, 5.74) is 4.94. The van der Waals surface area contributed by atoms with E-state index in [0.29, 0.717) is 5.92 Å². The molecule has 1 unspecified atom stereocenters. The van der Waals surface area contributed by atoms with Crippen LogP contribution in [-0.2, 0) is 4.74 Å². The minimum atomic E-state index is -0.394. The molecular weight excluding hydrogens is 296 g/mol. The van der Waals surface area contributed by atoms with Crippen molar-refractivity contribution in [3.63, 3.8) is 0 Å². The van der Waals surface area contributed by atoms with Crippen molar-refractivity contribution in [3.05, 3.63) is 47.1 Å². The Bertz CT molecular complexity index is 494. The van der Waals surface area contributed by atoms with Gasteiger partial charge in [-0.25, -0.2) is 0 Å². The van der Waals surface area contributed by atoms with Crippen LogP contribution >= 0.6 is 0 Å². The molecule has 2 atom stereocenters. The molecule has 0 fully saturated rings. The van der Waals surface area contributed by atoms with Gasteiger partial charge in [-0.3, -0.25) is 0 Å². The zero-order valence-electron chi connectivity index (χ0n) is 16.3. The van der Waals surface area contributed by atoms with Crippen LogP contribution in [0.15, 0.2) is 47.1 Å². The molecule has 0 bridgehead atoms. The van der Waals surface area contributed by atoms with E-state index in [2.05, 4.69) is 59.4 Å².